The van der Waals surface area contributed by atoms with E-state index in [9.17, 15) is 19.5 Å². The molecule has 3 unspecified atom stereocenters. The Morgan fingerprint density at radius 1 is 0.930 bits per heavy atom. The Balaban J connectivity index is 2.62. The van der Waals surface area contributed by atoms with Gasteiger partial charge in [-0.25, -0.2) is 4.79 Å². The van der Waals surface area contributed by atoms with E-state index in [0.29, 0.717) is 6.54 Å². The highest BCUT2D eigenvalue weighted by Crippen LogP contribution is 2.28. The summed E-state index contributed by atoms with van der Waals surface area (Å²) in [5.74, 6) is -0.490. The second kappa shape index (κ2) is 16.9. The van der Waals surface area contributed by atoms with Gasteiger partial charge in [-0.2, -0.15) is 0 Å². The van der Waals surface area contributed by atoms with Crippen LogP contribution in [0.5, 0.6) is 5.75 Å². The lowest BCUT2D eigenvalue weighted by molar-refractivity contribution is -0.142. The van der Waals surface area contributed by atoms with Gasteiger partial charge >= 0.3 is 6.09 Å². The number of phenols is 1. The van der Waals surface area contributed by atoms with Crippen LogP contribution in [0.2, 0.25) is 0 Å². The predicted molar refractivity (Wildman–Crippen MR) is 172 cm³/mol. The van der Waals surface area contributed by atoms with E-state index in [2.05, 4.69) is 24.5 Å². The zero-order valence-corrected chi connectivity index (χ0v) is 27.5. The Bertz CT molecular complexity index is 1190. The van der Waals surface area contributed by atoms with Crippen LogP contribution in [0.1, 0.15) is 108 Å². The van der Waals surface area contributed by atoms with Crippen LogP contribution in [0.4, 0.5) is 4.79 Å². The maximum absolute atomic E-state index is 14.6. The van der Waals surface area contributed by atoms with Crippen molar-refractivity contribution in [3.63, 3.8) is 0 Å². The number of rotatable bonds is 15. The van der Waals surface area contributed by atoms with E-state index in [4.69, 9.17) is 4.74 Å². The van der Waals surface area contributed by atoms with E-state index in [-0.39, 0.29) is 30.0 Å². The monoisotopic (exact) mass is 595 g/mol. The molecule has 0 saturated heterocycles. The van der Waals surface area contributed by atoms with Gasteiger partial charge in [0.05, 0.1) is 0 Å². The Hall–Kier alpha value is -3.55. The number of benzene rings is 2. The number of hydrogen-bond acceptors (Lipinski definition) is 5. The van der Waals surface area contributed by atoms with E-state index in [0.717, 1.165) is 60.8 Å². The van der Waals surface area contributed by atoms with Crippen molar-refractivity contribution in [3.05, 3.63) is 64.7 Å². The molecule has 0 aliphatic heterocycles. The summed E-state index contributed by atoms with van der Waals surface area (Å²) >= 11 is 0. The number of ether oxygens (including phenoxy) is 1. The van der Waals surface area contributed by atoms with E-state index < -0.39 is 23.8 Å². The lowest BCUT2D eigenvalue weighted by Gasteiger charge is -2.36. The number of nitrogens with zero attached hydrogens (tertiary/aromatic N) is 1. The number of nitrogens with one attached hydrogen (secondary N) is 2. The zero-order chi connectivity index (χ0) is 32.2. The topological polar surface area (TPSA) is 108 Å². The second-order valence-electron chi connectivity index (χ2n) is 12.6. The van der Waals surface area contributed by atoms with Crippen molar-refractivity contribution in [2.45, 2.75) is 124 Å². The third kappa shape index (κ3) is 11.9. The summed E-state index contributed by atoms with van der Waals surface area (Å²) in [6.45, 7) is 15.8. The summed E-state index contributed by atoms with van der Waals surface area (Å²) in [7, 11) is 0. The van der Waals surface area contributed by atoms with Crippen LogP contribution in [0.15, 0.2) is 42.5 Å². The lowest BCUT2D eigenvalue weighted by Crippen LogP contribution is -2.54. The minimum absolute atomic E-state index is 0.0603. The first kappa shape index (κ1) is 35.6. The summed E-state index contributed by atoms with van der Waals surface area (Å²) in [6, 6.07) is 10.6. The largest absolute Gasteiger partial charge is 0.508 e. The third-order valence-electron chi connectivity index (χ3n) is 7.30. The molecule has 0 aromatic heterocycles. The lowest BCUT2D eigenvalue weighted by atomic mass is 9.94. The first-order valence-corrected chi connectivity index (χ1v) is 15.7. The maximum Gasteiger partial charge on any atom is 0.408 e. The molecule has 0 fully saturated rings. The van der Waals surface area contributed by atoms with Crippen molar-refractivity contribution in [1.82, 2.24) is 15.5 Å². The molecular formula is C35H53N3O5. The van der Waals surface area contributed by atoms with Gasteiger partial charge in [0.15, 0.2) is 0 Å². The number of unbranched alkanes of at least 4 members (excludes halogenated alkanes) is 3. The zero-order valence-electron chi connectivity index (χ0n) is 27.5. The molecule has 2 aromatic rings. The molecule has 2 aromatic carbocycles. The first-order chi connectivity index (χ1) is 20.2. The molecule has 8 nitrogen and oxygen atoms in total. The fourth-order valence-corrected chi connectivity index (χ4v) is 5.13. The van der Waals surface area contributed by atoms with Gasteiger partial charge in [-0.15, -0.1) is 0 Å². The highest BCUT2D eigenvalue weighted by atomic mass is 16.6. The van der Waals surface area contributed by atoms with Crippen molar-refractivity contribution in [2.75, 3.05) is 6.54 Å². The van der Waals surface area contributed by atoms with Gasteiger partial charge in [0.2, 0.25) is 11.8 Å². The van der Waals surface area contributed by atoms with Gasteiger partial charge in [-0.05, 0) is 83.2 Å². The molecular weight excluding hydrogens is 542 g/mol. The van der Waals surface area contributed by atoms with E-state index in [1.807, 2.05) is 39.0 Å². The number of carbonyl (C=O) groups excluding carboxylic acids is 3. The van der Waals surface area contributed by atoms with Crippen molar-refractivity contribution >= 4 is 17.9 Å². The van der Waals surface area contributed by atoms with E-state index in [1.54, 1.807) is 49.9 Å². The van der Waals surface area contributed by atoms with Crippen LogP contribution in [0.3, 0.4) is 0 Å². The van der Waals surface area contributed by atoms with Crippen LogP contribution in [-0.2, 0) is 20.7 Å². The third-order valence-corrected chi connectivity index (χ3v) is 7.30. The summed E-state index contributed by atoms with van der Waals surface area (Å²) in [5, 5.41) is 15.8. The van der Waals surface area contributed by atoms with Gasteiger partial charge in [-0.3, -0.25) is 9.59 Å². The number of phenolic OH excluding ortho intramolecular Hbond substituents is 1. The van der Waals surface area contributed by atoms with Gasteiger partial charge in [0.1, 0.15) is 23.4 Å². The average Bonchev–Trinajstić information content (AvgIpc) is 2.91. The smallest absolute Gasteiger partial charge is 0.408 e. The number of aryl methyl sites for hydroxylation is 2. The Labute approximate surface area is 258 Å². The van der Waals surface area contributed by atoms with Crippen LogP contribution in [0, 0.1) is 13.8 Å². The number of hydrogen-bond donors (Lipinski definition) is 3. The first-order valence-electron chi connectivity index (χ1n) is 15.7. The molecule has 238 valence electrons. The number of amides is 3. The van der Waals surface area contributed by atoms with Crippen LogP contribution >= 0.6 is 0 Å². The number of carbonyl (C=O) groups is 3. The Morgan fingerprint density at radius 3 is 2.21 bits per heavy atom. The number of aromatic hydroxyl groups is 1. The Morgan fingerprint density at radius 2 is 1.60 bits per heavy atom. The minimum Gasteiger partial charge on any atom is -0.508 e. The van der Waals surface area contributed by atoms with Gasteiger partial charge in [0.25, 0.3) is 0 Å². The quantitative estimate of drug-likeness (QED) is 0.194. The molecule has 3 N–H and O–H groups in total. The van der Waals surface area contributed by atoms with Crippen molar-refractivity contribution in [2.24, 2.45) is 0 Å². The molecule has 43 heavy (non-hydrogen) atoms. The van der Waals surface area contributed by atoms with Gasteiger partial charge in [0, 0.05) is 19.0 Å². The molecule has 3 atom stereocenters. The molecule has 3 amide bonds. The van der Waals surface area contributed by atoms with Crippen LogP contribution < -0.4 is 10.6 Å². The fourth-order valence-electron chi connectivity index (χ4n) is 5.13. The molecule has 2 rings (SSSR count). The molecule has 0 aliphatic rings. The maximum atomic E-state index is 14.6. The van der Waals surface area contributed by atoms with Gasteiger partial charge in [-0.1, -0.05) is 75.4 Å². The van der Waals surface area contributed by atoms with E-state index >= 15 is 0 Å². The second-order valence-corrected chi connectivity index (χ2v) is 12.6. The molecule has 8 heteroatoms. The van der Waals surface area contributed by atoms with Crippen molar-refractivity contribution in [3.8, 4) is 5.75 Å². The standard InChI is InChI=1S/C35H53N3O5/c1-9-11-12-13-21-38(31(32(40)36-26(5)14-10-2)29-22-24(3)15-16-25(29)4)33(41)30(37-34(42)43-35(6,7)8)23-27-17-19-28(39)20-18-27/h15-20,22,26,30-31,39H,9-14,21,23H2,1-8H3,(H,36,40)(H,37,42). The SMILES string of the molecule is CCCCCCN(C(=O)C(Cc1ccc(O)cc1)NC(=O)OC(C)(C)C)C(C(=O)NC(C)CCC)c1cc(C)ccc1C. The number of alkyl carbamates (subject to hydrolysis) is 1. The summed E-state index contributed by atoms with van der Waals surface area (Å²) in [4.78, 5) is 43.4. The molecule has 0 aliphatic carbocycles. The van der Waals surface area contributed by atoms with E-state index in [1.165, 1.54) is 0 Å². The molecule has 0 radical (unpaired) electrons. The predicted octanol–water partition coefficient (Wildman–Crippen LogP) is 6.90. The normalized spacial score (nSPS) is 13.5. The minimum atomic E-state index is -1.00. The average molecular weight is 596 g/mol. The molecule has 0 bridgehead atoms. The molecule has 0 heterocycles. The summed E-state index contributed by atoms with van der Waals surface area (Å²) < 4.78 is 5.53. The summed E-state index contributed by atoms with van der Waals surface area (Å²) in [6.07, 6.45) is 4.88. The highest BCUT2D eigenvalue weighted by Gasteiger charge is 2.37. The van der Waals surface area contributed by atoms with Crippen molar-refractivity contribution in [1.29, 1.82) is 0 Å². The van der Waals surface area contributed by atoms with Gasteiger partial charge < -0.3 is 25.4 Å². The molecule has 0 spiro atoms. The summed E-state index contributed by atoms with van der Waals surface area (Å²) in [5.41, 5.74) is 2.67. The Kier molecular flexibility index (Phi) is 14.0. The fraction of sp³-hybridized carbons (Fsp3) is 0.571. The van der Waals surface area contributed by atoms with Crippen LogP contribution in [0.25, 0.3) is 0 Å². The van der Waals surface area contributed by atoms with Crippen molar-refractivity contribution < 1.29 is 24.2 Å². The molecule has 0 saturated carbocycles. The van der Waals surface area contributed by atoms with Crippen LogP contribution in [-0.4, -0.2) is 52.1 Å². The highest BCUT2D eigenvalue weighted by molar-refractivity contribution is 5.92.